The van der Waals surface area contributed by atoms with Crippen LogP contribution >= 0.6 is 0 Å². The number of rotatable bonds is 4. The van der Waals surface area contributed by atoms with E-state index in [2.05, 4.69) is 38.1 Å². The lowest BCUT2D eigenvalue weighted by molar-refractivity contribution is 0.252. The summed E-state index contributed by atoms with van der Waals surface area (Å²) in [7, 11) is 0. The molecule has 1 aromatic heterocycles. The molecule has 1 aliphatic carbocycles. The Balaban J connectivity index is 1.88. The smallest absolute Gasteiger partial charge is 0.0640 e. The van der Waals surface area contributed by atoms with Crippen LogP contribution in [0.15, 0.2) is 12.3 Å². The SMILES string of the molecule is CC1CCC(C(N)Cc2ccn(C(C)C)n2)CC1. The van der Waals surface area contributed by atoms with Gasteiger partial charge in [-0.05, 0) is 44.6 Å². The summed E-state index contributed by atoms with van der Waals surface area (Å²) in [4.78, 5) is 0. The molecule has 102 valence electrons. The predicted molar refractivity (Wildman–Crippen MR) is 75.4 cm³/mol. The Morgan fingerprint density at radius 1 is 1.33 bits per heavy atom. The summed E-state index contributed by atoms with van der Waals surface area (Å²) in [5.41, 5.74) is 7.51. The summed E-state index contributed by atoms with van der Waals surface area (Å²) >= 11 is 0. The van der Waals surface area contributed by atoms with Crippen molar-refractivity contribution in [2.75, 3.05) is 0 Å². The molecule has 3 nitrogen and oxygen atoms in total. The lowest BCUT2D eigenvalue weighted by atomic mass is 9.78. The third-order valence-corrected chi connectivity index (χ3v) is 4.30. The van der Waals surface area contributed by atoms with Gasteiger partial charge in [-0.3, -0.25) is 4.68 Å². The Labute approximate surface area is 111 Å². The first-order chi connectivity index (χ1) is 8.56. The van der Waals surface area contributed by atoms with E-state index in [-0.39, 0.29) is 6.04 Å². The van der Waals surface area contributed by atoms with Crippen LogP contribution in [0.25, 0.3) is 0 Å². The molecular weight excluding hydrogens is 222 g/mol. The molecule has 1 aromatic rings. The summed E-state index contributed by atoms with van der Waals surface area (Å²) in [6.07, 6.45) is 8.28. The van der Waals surface area contributed by atoms with Gasteiger partial charge in [0.15, 0.2) is 0 Å². The molecule has 0 aromatic carbocycles. The molecule has 0 aliphatic heterocycles. The van der Waals surface area contributed by atoms with Gasteiger partial charge in [-0.25, -0.2) is 0 Å². The van der Waals surface area contributed by atoms with E-state index in [0.717, 1.165) is 18.0 Å². The third kappa shape index (κ3) is 3.35. The second kappa shape index (κ2) is 5.87. The average Bonchev–Trinajstić information content (AvgIpc) is 2.78. The van der Waals surface area contributed by atoms with E-state index in [0.29, 0.717) is 12.0 Å². The van der Waals surface area contributed by atoms with Gasteiger partial charge in [-0.1, -0.05) is 19.8 Å². The Hall–Kier alpha value is -0.830. The lowest BCUT2D eigenvalue weighted by Crippen LogP contribution is -2.34. The largest absolute Gasteiger partial charge is 0.327 e. The standard InChI is InChI=1S/C15H27N3/c1-11(2)18-9-8-14(17-18)10-15(16)13-6-4-12(3)5-7-13/h8-9,11-13,15H,4-7,10,16H2,1-3H3. The fraction of sp³-hybridized carbons (Fsp3) is 0.800. The molecule has 3 heteroatoms. The summed E-state index contributed by atoms with van der Waals surface area (Å²) < 4.78 is 2.02. The number of hydrogen-bond donors (Lipinski definition) is 1. The van der Waals surface area contributed by atoms with E-state index < -0.39 is 0 Å². The Morgan fingerprint density at radius 2 is 2.00 bits per heavy atom. The van der Waals surface area contributed by atoms with Gasteiger partial charge in [0.1, 0.15) is 0 Å². The molecule has 2 rings (SSSR count). The number of aromatic nitrogens is 2. The highest BCUT2D eigenvalue weighted by atomic mass is 15.3. The van der Waals surface area contributed by atoms with Crippen molar-refractivity contribution in [1.82, 2.24) is 9.78 Å². The minimum atomic E-state index is 0.285. The molecule has 0 amide bonds. The highest BCUT2D eigenvalue weighted by Crippen LogP contribution is 2.30. The van der Waals surface area contributed by atoms with Crippen LogP contribution in [0.1, 0.15) is 58.2 Å². The minimum Gasteiger partial charge on any atom is -0.327 e. The van der Waals surface area contributed by atoms with Crippen LogP contribution in [0.3, 0.4) is 0 Å². The van der Waals surface area contributed by atoms with Crippen LogP contribution < -0.4 is 5.73 Å². The monoisotopic (exact) mass is 249 g/mol. The maximum atomic E-state index is 6.36. The predicted octanol–water partition coefficient (Wildman–Crippen LogP) is 3.16. The van der Waals surface area contributed by atoms with Gasteiger partial charge in [-0.2, -0.15) is 5.10 Å². The first-order valence-corrected chi connectivity index (χ1v) is 7.36. The molecule has 1 atom stereocenters. The van der Waals surface area contributed by atoms with E-state index in [4.69, 9.17) is 5.73 Å². The number of hydrogen-bond acceptors (Lipinski definition) is 2. The Kier molecular flexibility index (Phi) is 4.44. The van der Waals surface area contributed by atoms with E-state index in [1.807, 2.05) is 4.68 Å². The van der Waals surface area contributed by atoms with Crippen molar-refractivity contribution in [1.29, 1.82) is 0 Å². The zero-order valence-electron chi connectivity index (χ0n) is 12.0. The fourth-order valence-electron chi connectivity index (χ4n) is 2.90. The van der Waals surface area contributed by atoms with E-state index in [9.17, 15) is 0 Å². The lowest BCUT2D eigenvalue weighted by Gasteiger charge is -2.30. The molecule has 0 bridgehead atoms. The molecular formula is C15H27N3. The normalized spacial score (nSPS) is 26.5. The van der Waals surface area contributed by atoms with Gasteiger partial charge < -0.3 is 5.73 Å². The van der Waals surface area contributed by atoms with E-state index in [1.54, 1.807) is 0 Å². The second-order valence-corrected chi connectivity index (χ2v) is 6.27. The van der Waals surface area contributed by atoms with Crippen molar-refractivity contribution in [3.05, 3.63) is 18.0 Å². The molecule has 1 unspecified atom stereocenters. The molecule has 1 aliphatic rings. The van der Waals surface area contributed by atoms with E-state index >= 15 is 0 Å². The van der Waals surface area contributed by atoms with Gasteiger partial charge in [0, 0.05) is 24.7 Å². The van der Waals surface area contributed by atoms with Crippen LogP contribution in [0.5, 0.6) is 0 Å². The topological polar surface area (TPSA) is 43.8 Å². The first kappa shape index (κ1) is 13.6. The zero-order chi connectivity index (χ0) is 13.1. The van der Waals surface area contributed by atoms with Crippen LogP contribution in [0.2, 0.25) is 0 Å². The molecule has 1 saturated carbocycles. The van der Waals surface area contributed by atoms with Crippen molar-refractivity contribution in [2.45, 2.75) is 65.0 Å². The van der Waals surface area contributed by atoms with Crippen molar-refractivity contribution >= 4 is 0 Å². The van der Waals surface area contributed by atoms with Gasteiger partial charge in [0.05, 0.1) is 5.69 Å². The summed E-state index contributed by atoms with van der Waals surface area (Å²) in [6.45, 7) is 6.66. The van der Waals surface area contributed by atoms with Crippen LogP contribution in [-0.4, -0.2) is 15.8 Å². The molecule has 1 fully saturated rings. The fourth-order valence-corrected chi connectivity index (χ4v) is 2.90. The van der Waals surface area contributed by atoms with Gasteiger partial charge in [0.25, 0.3) is 0 Å². The van der Waals surface area contributed by atoms with Gasteiger partial charge in [0.2, 0.25) is 0 Å². The van der Waals surface area contributed by atoms with Crippen LogP contribution in [0, 0.1) is 11.8 Å². The average molecular weight is 249 g/mol. The molecule has 2 N–H and O–H groups in total. The molecule has 18 heavy (non-hydrogen) atoms. The summed E-state index contributed by atoms with van der Waals surface area (Å²) in [5.74, 6) is 1.60. The highest BCUT2D eigenvalue weighted by Gasteiger charge is 2.24. The van der Waals surface area contributed by atoms with Crippen molar-refractivity contribution in [3.63, 3.8) is 0 Å². The number of nitrogens with zero attached hydrogens (tertiary/aromatic N) is 2. The van der Waals surface area contributed by atoms with Gasteiger partial charge >= 0.3 is 0 Å². The molecule has 0 saturated heterocycles. The molecule has 0 radical (unpaired) electrons. The molecule has 1 heterocycles. The second-order valence-electron chi connectivity index (χ2n) is 6.27. The van der Waals surface area contributed by atoms with Crippen LogP contribution in [-0.2, 0) is 6.42 Å². The number of nitrogens with two attached hydrogens (primary N) is 1. The first-order valence-electron chi connectivity index (χ1n) is 7.36. The zero-order valence-corrected chi connectivity index (χ0v) is 12.0. The third-order valence-electron chi connectivity index (χ3n) is 4.30. The Bertz CT molecular complexity index is 362. The highest BCUT2D eigenvalue weighted by molar-refractivity contribution is 5.02. The maximum absolute atomic E-state index is 6.36. The minimum absolute atomic E-state index is 0.285. The van der Waals surface area contributed by atoms with E-state index in [1.165, 1.54) is 25.7 Å². The Morgan fingerprint density at radius 3 is 2.56 bits per heavy atom. The van der Waals surface area contributed by atoms with Crippen molar-refractivity contribution < 1.29 is 0 Å². The molecule has 0 spiro atoms. The maximum Gasteiger partial charge on any atom is 0.0640 e. The van der Waals surface area contributed by atoms with Crippen molar-refractivity contribution in [3.8, 4) is 0 Å². The van der Waals surface area contributed by atoms with Crippen LogP contribution in [0.4, 0.5) is 0 Å². The summed E-state index contributed by atoms with van der Waals surface area (Å²) in [6, 6.07) is 2.84. The quantitative estimate of drug-likeness (QED) is 0.890. The van der Waals surface area contributed by atoms with Gasteiger partial charge in [-0.15, -0.1) is 0 Å². The summed E-state index contributed by atoms with van der Waals surface area (Å²) in [5, 5.41) is 4.60. The van der Waals surface area contributed by atoms with Crippen molar-refractivity contribution in [2.24, 2.45) is 17.6 Å².